The molecule has 9 heteroatoms. The van der Waals surface area contributed by atoms with Gasteiger partial charge in [0.25, 0.3) is 15.6 Å². The zero-order valence-corrected chi connectivity index (χ0v) is 19.1. The lowest BCUT2D eigenvalue weighted by atomic mass is 10.2. The first-order valence-electron chi connectivity index (χ1n) is 9.25. The highest BCUT2D eigenvalue weighted by Gasteiger charge is 2.18. The number of aryl methyl sites for hydroxylation is 1. The third-order valence-corrected chi connectivity index (χ3v) is 6.67. The van der Waals surface area contributed by atoms with E-state index in [0.717, 1.165) is 4.47 Å². The van der Waals surface area contributed by atoms with Crippen LogP contribution < -0.4 is 15.0 Å². The molecule has 0 amide bonds. The summed E-state index contributed by atoms with van der Waals surface area (Å²) in [5.74, 6) is 0.784. The number of halogens is 1. The third kappa shape index (κ3) is 4.06. The van der Waals surface area contributed by atoms with Gasteiger partial charge in [0.15, 0.2) is 0 Å². The Morgan fingerprint density at radius 3 is 2.45 bits per heavy atom. The highest BCUT2D eigenvalue weighted by molar-refractivity contribution is 9.10. The summed E-state index contributed by atoms with van der Waals surface area (Å²) in [5.41, 5.74) is 1.18. The number of hydrogen-bond acceptors (Lipinski definition) is 5. The summed E-state index contributed by atoms with van der Waals surface area (Å²) in [7, 11) is -2.38. The molecule has 1 N–H and O–H groups in total. The Morgan fingerprint density at radius 2 is 1.74 bits per heavy atom. The van der Waals surface area contributed by atoms with E-state index in [1.807, 2.05) is 6.07 Å². The van der Waals surface area contributed by atoms with Gasteiger partial charge in [-0.15, -0.1) is 0 Å². The molecule has 0 spiro atoms. The van der Waals surface area contributed by atoms with Gasteiger partial charge >= 0.3 is 0 Å². The van der Waals surface area contributed by atoms with Gasteiger partial charge in [0, 0.05) is 10.5 Å². The van der Waals surface area contributed by atoms with Crippen LogP contribution in [0.15, 0.2) is 80.9 Å². The minimum atomic E-state index is -3.82. The molecule has 158 valence electrons. The van der Waals surface area contributed by atoms with Crippen LogP contribution in [0.25, 0.3) is 16.6 Å². The summed E-state index contributed by atoms with van der Waals surface area (Å²) < 4.78 is 35.7. The Morgan fingerprint density at radius 1 is 1.03 bits per heavy atom. The number of benzene rings is 3. The van der Waals surface area contributed by atoms with Crippen LogP contribution in [0.2, 0.25) is 0 Å². The van der Waals surface area contributed by atoms with Crippen molar-refractivity contribution in [1.82, 2.24) is 9.55 Å². The molecular weight excluding hydrogens is 482 g/mol. The van der Waals surface area contributed by atoms with Gasteiger partial charge < -0.3 is 4.74 Å². The maximum atomic E-state index is 13.0. The fourth-order valence-electron chi connectivity index (χ4n) is 3.27. The number of nitrogens with one attached hydrogen (secondary N) is 1. The Labute approximate surface area is 187 Å². The number of ether oxygens (including phenoxy) is 1. The Balaban J connectivity index is 1.77. The van der Waals surface area contributed by atoms with Crippen molar-refractivity contribution in [3.63, 3.8) is 0 Å². The lowest BCUT2D eigenvalue weighted by molar-refractivity contribution is 0.416. The standard InChI is InChI=1S/C22H18BrN3O4S/c1-14-24-19-6-4-3-5-18(19)22(27)26(14)16-9-12-20(21(13-16)30-2)25-31(28,29)17-10-7-15(23)8-11-17/h3-13,25H,1-2H3. The molecular formula is C22H18BrN3O4S. The number of fused-ring (bicyclic) bond motifs is 1. The quantitative estimate of drug-likeness (QED) is 0.442. The van der Waals surface area contributed by atoms with Crippen LogP contribution in [0.5, 0.6) is 5.75 Å². The smallest absolute Gasteiger partial charge is 0.265 e. The maximum Gasteiger partial charge on any atom is 0.265 e. The summed E-state index contributed by atoms with van der Waals surface area (Å²) in [4.78, 5) is 17.7. The van der Waals surface area contributed by atoms with Crippen molar-refractivity contribution < 1.29 is 13.2 Å². The normalized spacial score (nSPS) is 11.5. The molecule has 0 unspecified atom stereocenters. The molecule has 4 rings (SSSR count). The van der Waals surface area contributed by atoms with E-state index in [2.05, 4.69) is 25.6 Å². The number of para-hydroxylation sites is 1. The van der Waals surface area contributed by atoms with Gasteiger partial charge in [-0.25, -0.2) is 13.4 Å². The Hall–Kier alpha value is -3.17. The van der Waals surface area contributed by atoms with Gasteiger partial charge in [-0.2, -0.15) is 0 Å². The largest absolute Gasteiger partial charge is 0.494 e. The summed E-state index contributed by atoms with van der Waals surface area (Å²) in [6.45, 7) is 1.74. The summed E-state index contributed by atoms with van der Waals surface area (Å²) in [6.07, 6.45) is 0. The van der Waals surface area contributed by atoms with Crippen LogP contribution in [0.4, 0.5) is 5.69 Å². The molecule has 0 radical (unpaired) electrons. The van der Waals surface area contributed by atoms with Crippen LogP contribution in [-0.4, -0.2) is 25.1 Å². The van der Waals surface area contributed by atoms with Crippen LogP contribution in [-0.2, 0) is 10.0 Å². The first-order chi connectivity index (χ1) is 14.8. The van der Waals surface area contributed by atoms with Crippen molar-refractivity contribution in [2.75, 3.05) is 11.8 Å². The van der Waals surface area contributed by atoms with Gasteiger partial charge in [-0.05, 0) is 55.5 Å². The monoisotopic (exact) mass is 499 g/mol. The first-order valence-corrected chi connectivity index (χ1v) is 11.5. The van der Waals surface area contributed by atoms with Crippen molar-refractivity contribution in [1.29, 1.82) is 0 Å². The highest BCUT2D eigenvalue weighted by atomic mass is 79.9. The molecule has 4 aromatic rings. The highest BCUT2D eigenvalue weighted by Crippen LogP contribution is 2.30. The fourth-order valence-corrected chi connectivity index (χ4v) is 4.60. The lowest BCUT2D eigenvalue weighted by Gasteiger charge is -2.15. The molecule has 31 heavy (non-hydrogen) atoms. The molecule has 3 aromatic carbocycles. The van der Waals surface area contributed by atoms with Gasteiger partial charge in [0.2, 0.25) is 0 Å². The number of sulfonamides is 1. The number of hydrogen-bond donors (Lipinski definition) is 1. The average Bonchev–Trinajstić information content (AvgIpc) is 2.74. The SMILES string of the molecule is COc1cc(-n2c(C)nc3ccccc3c2=O)ccc1NS(=O)(=O)c1ccc(Br)cc1. The van der Waals surface area contributed by atoms with Crippen molar-refractivity contribution in [2.45, 2.75) is 11.8 Å². The van der Waals surface area contributed by atoms with E-state index in [0.29, 0.717) is 22.4 Å². The van der Waals surface area contributed by atoms with Gasteiger partial charge in [-0.3, -0.25) is 14.1 Å². The number of methoxy groups -OCH3 is 1. The Bertz CT molecular complexity index is 1450. The topological polar surface area (TPSA) is 90.3 Å². The molecule has 0 atom stereocenters. The minimum Gasteiger partial charge on any atom is -0.494 e. The molecule has 0 fully saturated rings. The molecule has 0 saturated carbocycles. The molecule has 0 aliphatic carbocycles. The number of rotatable bonds is 5. The van der Waals surface area contributed by atoms with E-state index < -0.39 is 10.0 Å². The van der Waals surface area contributed by atoms with Crippen molar-refractivity contribution in [3.8, 4) is 11.4 Å². The van der Waals surface area contributed by atoms with Crippen molar-refractivity contribution in [3.05, 3.63) is 87.4 Å². The second-order valence-corrected chi connectivity index (χ2v) is 9.36. The van der Waals surface area contributed by atoms with Crippen molar-refractivity contribution >= 4 is 42.5 Å². The fraction of sp³-hybridized carbons (Fsp3) is 0.0909. The third-order valence-electron chi connectivity index (χ3n) is 4.75. The molecule has 0 bridgehead atoms. The minimum absolute atomic E-state index is 0.118. The van der Waals surface area contributed by atoms with E-state index in [4.69, 9.17) is 4.74 Å². The lowest BCUT2D eigenvalue weighted by Crippen LogP contribution is -2.22. The molecule has 0 saturated heterocycles. The predicted octanol–water partition coefficient (Wildman–Crippen LogP) is 4.27. The molecule has 0 aliphatic heterocycles. The summed E-state index contributed by atoms with van der Waals surface area (Å²) >= 11 is 3.29. The summed E-state index contributed by atoms with van der Waals surface area (Å²) in [5, 5.41) is 0.493. The molecule has 0 aliphatic rings. The second kappa shape index (κ2) is 8.16. The van der Waals surface area contributed by atoms with Crippen LogP contribution in [0.3, 0.4) is 0 Å². The first kappa shape index (κ1) is 21.1. The predicted molar refractivity (Wildman–Crippen MR) is 124 cm³/mol. The van der Waals surface area contributed by atoms with Gasteiger partial charge in [-0.1, -0.05) is 28.1 Å². The van der Waals surface area contributed by atoms with E-state index in [1.54, 1.807) is 55.5 Å². The van der Waals surface area contributed by atoms with Gasteiger partial charge in [0.1, 0.15) is 11.6 Å². The van der Waals surface area contributed by atoms with E-state index in [9.17, 15) is 13.2 Å². The maximum absolute atomic E-state index is 13.0. The number of aromatic nitrogens is 2. The zero-order valence-electron chi connectivity index (χ0n) is 16.7. The molecule has 1 aromatic heterocycles. The molecule has 7 nitrogen and oxygen atoms in total. The van der Waals surface area contributed by atoms with Crippen LogP contribution in [0.1, 0.15) is 5.82 Å². The number of anilines is 1. The van der Waals surface area contributed by atoms with Crippen LogP contribution in [0, 0.1) is 6.92 Å². The second-order valence-electron chi connectivity index (χ2n) is 6.76. The van der Waals surface area contributed by atoms with E-state index in [-0.39, 0.29) is 21.9 Å². The average molecular weight is 500 g/mol. The summed E-state index contributed by atoms with van der Waals surface area (Å²) in [6, 6.07) is 18.2. The molecule has 1 heterocycles. The zero-order chi connectivity index (χ0) is 22.2. The van der Waals surface area contributed by atoms with E-state index >= 15 is 0 Å². The van der Waals surface area contributed by atoms with Crippen molar-refractivity contribution in [2.24, 2.45) is 0 Å². The Kier molecular flexibility index (Phi) is 5.55. The number of nitrogens with zero attached hydrogens (tertiary/aromatic N) is 2. The van der Waals surface area contributed by atoms with E-state index in [1.165, 1.54) is 23.8 Å². The van der Waals surface area contributed by atoms with Gasteiger partial charge in [0.05, 0.1) is 34.3 Å². The van der Waals surface area contributed by atoms with Crippen LogP contribution >= 0.6 is 15.9 Å².